The van der Waals surface area contributed by atoms with Crippen molar-refractivity contribution in [2.75, 3.05) is 32.6 Å². The van der Waals surface area contributed by atoms with Crippen LogP contribution in [0.1, 0.15) is 32.1 Å². The van der Waals surface area contributed by atoms with E-state index in [2.05, 4.69) is 22.3 Å². The van der Waals surface area contributed by atoms with Crippen LogP contribution in [0.15, 0.2) is 29.3 Å². The van der Waals surface area contributed by atoms with Crippen molar-refractivity contribution >= 4 is 11.6 Å². The molecule has 1 aromatic rings. The Bertz CT molecular complexity index is 483. The van der Waals surface area contributed by atoms with Crippen LogP contribution in [0.25, 0.3) is 0 Å². The van der Waals surface area contributed by atoms with Gasteiger partial charge in [0.25, 0.3) is 0 Å². The molecule has 1 fully saturated rings. The van der Waals surface area contributed by atoms with E-state index in [1.54, 1.807) is 7.11 Å². The van der Waals surface area contributed by atoms with Crippen LogP contribution in [0.5, 0.6) is 5.75 Å². The molecule has 1 aliphatic carbocycles. The van der Waals surface area contributed by atoms with Crippen molar-refractivity contribution < 1.29 is 4.74 Å². The van der Waals surface area contributed by atoms with Crippen molar-refractivity contribution in [3.8, 4) is 5.75 Å². The number of methoxy groups -OCH3 is 1. The molecular weight excluding hydrogens is 276 g/mol. The summed E-state index contributed by atoms with van der Waals surface area (Å²) in [5, 5.41) is 3.10. The van der Waals surface area contributed by atoms with Gasteiger partial charge in [0.1, 0.15) is 5.75 Å². The number of hydrogen-bond donors (Lipinski definition) is 2. The van der Waals surface area contributed by atoms with E-state index in [0.29, 0.717) is 18.5 Å². The van der Waals surface area contributed by atoms with E-state index in [9.17, 15) is 0 Å². The fourth-order valence-corrected chi connectivity index (χ4v) is 2.96. The first kappa shape index (κ1) is 16.6. The minimum absolute atomic E-state index is 0.432. The lowest BCUT2D eigenvalue weighted by Gasteiger charge is -2.30. The fraction of sp³-hybridized carbons (Fsp3) is 0.588. The van der Waals surface area contributed by atoms with E-state index >= 15 is 0 Å². The number of hydrogen-bond acceptors (Lipinski definition) is 3. The molecule has 1 aromatic carbocycles. The largest absolute Gasteiger partial charge is 0.495 e. The van der Waals surface area contributed by atoms with Crippen LogP contribution in [0.3, 0.4) is 0 Å². The smallest absolute Gasteiger partial charge is 0.193 e. The molecule has 0 bridgehead atoms. The molecule has 122 valence electrons. The quantitative estimate of drug-likeness (QED) is 0.626. The Labute approximate surface area is 133 Å². The van der Waals surface area contributed by atoms with Crippen LogP contribution < -0.4 is 15.8 Å². The van der Waals surface area contributed by atoms with Gasteiger partial charge < -0.3 is 20.7 Å². The zero-order chi connectivity index (χ0) is 15.8. The number of nitrogens with two attached hydrogens (primary N) is 1. The number of ether oxygens (including phenoxy) is 1. The van der Waals surface area contributed by atoms with Gasteiger partial charge in [-0.3, -0.25) is 4.99 Å². The molecule has 5 heteroatoms. The lowest BCUT2D eigenvalue weighted by molar-refractivity contribution is 0.196. The summed E-state index contributed by atoms with van der Waals surface area (Å²) in [5.74, 6) is 1.20. The van der Waals surface area contributed by atoms with E-state index < -0.39 is 0 Å². The Balaban J connectivity index is 1.79. The zero-order valence-electron chi connectivity index (χ0n) is 13.7. The average Bonchev–Trinajstić information content (AvgIpc) is 2.56. The van der Waals surface area contributed by atoms with Gasteiger partial charge in [-0.1, -0.05) is 31.4 Å². The topological polar surface area (TPSA) is 62.9 Å². The van der Waals surface area contributed by atoms with Gasteiger partial charge in [-0.25, -0.2) is 0 Å². The summed E-state index contributed by atoms with van der Waals surface area (Å²) in [6.07, 6.45) is 6.73. The normalized spacial score (nSPS) is 16.8. The molecule has 1 saturated carbocycles. The predicted molar refractivity (Wildman–Crippen MR) is 92.6 cm³/mol. The van der Waals surface area contributed by atoms with E-state index in [1.807, 2.05) is 24.3 Å². The molecule has 0 spiro atoms. The first-order valence-electron chi connectivity index (χ1n) is 8.11. The Hall–Kier alpha value is -1.75. The number of likely N-dealkylation sites (N-methyl/N-ethyl adjacent to an activating group) is 1. The summed E-state index contributed by atoms with van der Waals surface area (Å²) in [6, 6.07) is 8.40. The number of anilines is 1. The second kappa shape index (κ2) is 8.63. The summed E-state index contributed by atoms with van der Waals surface area (Å²) in [5.41, 5.74) is 6.80. The van der Waals surface area contributed by atoms with Crippen LogP contribution in [0, 0.1) is 0 Å². The van der Waals surface area contributed by atoms with Crippen molar-refractivity contribution in [3.05, 3.63) is 24.3 Å². The number of para-hydroxylation sites is 2. The Morgan fingerprint density at radius 1 is 1.32 bits per heavy atom. The van der Waals surface area contributed by atoms with Gasteiger partial charge in [-0.05, 0) is 32.0 Å². The standard InChI is InChI=1S/C17H28N4O/c1-21(14-8-4-3-5-9-14)13-12-19-17(18)20-15-10-6-7-11-16(15)22-2/h6-7,10-11,14H,3-5,8-9,12-13H2,1-2H3,(H3,18,19,20). The third-order valence-corrected chi connectivity index (χ3v) is 4.30. The van der Waals surface area contributed by atoms with Gasteiger partial charge >= 0.3 is 0 Å². The minimum atomic E-state index is 0.432. The first-order chi connectivity index (χ1) is 10.7. The lowest BCUT2D eigenvalue weighted by Crippen LogP contribution is -2.35. The molecule has 5 nitrogen and oxygen atoms in total. The van der Waals surface area contributed by atoms with Crippen molar-refractivity contribution in [2.45, 2.75) is 38.1 Å². The summed E-state index contributed by atoms with van der Waals surface area (Å²) < 4.78 is 5.29. The van der Waals surface area contributed by atoms with Crippen molar-refractivity contribution in [1.82, 2.24) is 4.90 Å². The van der Waals surface area contributed by atoms with Crippen LogP contribution in [0.4, 0.5) is 5.69 Å². The molecule has 0 saturated heterocycles. The van der Waals surface area contributed by atoms with Crippen LogP contribution in [-0.2, 0) is 0 Å². The first-order valence-corrected chi connectivity index (χ1v) is 8.11. The molecule has 1 aliphatic rings. The van der Waals surface area contributed by atoms with Gasteiger partial charge in [0.05, 0.1) is 19.3 Å². The summed E-state index contributed by atoms with van der Waals surface area (Å²) in [7, 11) is 3.84. The summed E-state index contributed by atoms with van der Waals surface area (Å²) >= 11 is 0. The number of rotatable bonds is 6. The highest BCUT2D eigenvalue weighted by Crippen LogP contribution is 2.23. The molecule has 2 rings (SSSR count). The lowest BCUT2D eigenvalue weighted by atomic mass is 9.94. The number of guanidine groups is 1. The second-order valence-electron chi connectivity index (χ2n) is 5.86. The third kappa shape index (κ3) is 4.91. The van der Waals surface area contributed by atoms with Crippen LogP contribution in [0.2, 0.25) is 0 Å². The van der Waals surface area contributed by atoms with E-state index in [-0.39, 0.29) is 0 Å². The van der Waals surface area contributed by atoms with Crippen molar-refractivity contribution in [1.29, 1.82) is 0 Å². The van der Waals surface area contributed by atoms with Gasteiger partial charge in [0.15, 0.2) is 5.96 Å². The highest BCUT2D eigenvalue weighted by molar-refractivity contribution is 5.93. The molecular formula is C17H28N4O. The van der Waals surface area contributed by atoms with E-state index in [4.69, 9.17) is 10.5 Å². The number of nitrogens with one attached hydrogen (secondary N) is 1. The third-order valence-electron chi connectivity index (χ3n) is 4.30. The van der Waals surface area contributed by atoms with Gasteiger partial charge in [-0.2, -0.15) is 0 Å². The van der Waals surface area contributed by atoms with Crippen molar-refractivity contribution in [3.63, 3.8) is 0 Å². The second-order valence-corrected chi connectivity index (χ2v) is 5.86. The molecule has 0 heterocycles. The Morgan fingerprint density at radius 3 is 2.77 bits per heavy atom. The molecule has 0 aromatic heterocycles. The fourth-order valence-electron chi connectivity index (χ4n) is 2.96. The molecule has 0 amide bonds. The number of benzene rings is 1. The minimum Gasteiger partial charge on any atom is -0.495 e. The van der Waals surface area contributed by atoms with E-state index in [0.717, 1.165) is 18.0 Å². The molecule has 3 N–H and O–H groups in total. The highest BCUT2D eigenvalue weighted by Gasteiger charge is 2.17. The molecule has 0 radical (unpaired) electrons. The van der Waals surface area contributed by atoms with Gasteiger partial charge in [-0.15, -0.1) is 0 Å². The SMILES string of the molecule is COc1ccccc1NC(N)=NCCN(C)C1CCCCC1. The summed E-state index contributed by atoms with van der Waals surface area (Å²) in [6.45, 7) is 1.65. The molecule has 0 atom stereocenters. The predicted octanol–water partition coefficient (Wildman–Crippen LogP) is 2.69. The maximum absolute atomic E-state index is 5.96. The highest BCUT2D eigenvalue weighted by atomic mass is 16.5. The monoisotopic (exact) mass is 304 g/mol. The maximum atomic E-state index is 5.96. The Kier molecular flexibility index (Phi) is 6.52. The maximum Gasteiger partial charge on any atom is 0.193 e. The Morgan fingerprint density at radius 2 is 2.05 bits per heavy atom. The molecule has 22 heavy (non-hydrogen) atoms. The van der Waals surface area contributed by atoms with Gasteiger partial charge in [0, 0.05) is 12.6 Å². The van der Waals surface area contributed by atoms with Crippen LogP contribution >= 0.6 is 0 Å². The number of aliphatic imine (C=N–C) groups is 1. The molecule has 0 aliphatic heterocycles. The molecule has 0 unspecified atom stereocenters. The average molecular weight is 304 g/mol. The summed E-state index contributed by atoms with van der Waals surface area (Å²) in [4.78, 5) is 6.83. The van der Waals surface area contributed by atoms with Gasteiger partial charge in [0.2, 0.25) is 0 Å². The van der Waals surface area contributed by atoms with Crippen LogP contribution in [-0.4, -0.2) is 44.1 Å². The zero-order valence-corrected chi connectivity index (χ0v) is 13.7. The van der Waals surface area contributed by atoms with E-state index in [1.165, 1.54) is 32.1 Å². The number of nitrogens with zero attached hydrogens (tertiary/aromatic N) is 2. The van der Waals surface area contributed by atoms with Crippen molar-refractivity contribution in [2.24, 2.45) is 10.7 Å².